The molecule has 1 heteroatoms. The monoisotopic (exact) mass is 161 g/mol. The van der Waals surface area contributed by atoms with Crippen LogP contribution in [0, 0.1) is 5.92 Å². The smallest absolute Gasteiger partial charge is 0.0340 e. The maximum atomic E-state index is 3.73. The lowest BCUT2D eigenvalue weighted by molar-refractivity contribution is 0.773. The second-order valence-electron chi connectivity index (χ2n) is 2.96. The average Bonchev–Trinajstić information content (AvgIpc) is 2.16. The molecule has 0 bridgehead atoms. The molecule has 0 unspecified atom stereocenters. The first-order chi connectivity index (χ1) is 5.83. The minimum absolute atomic E-state index is 0.519. The van der Waals surface area contributed by atoms with Crippen LogP contribution in [0.3, 0.4) is 0 Å². The molecule has 0 aliphatic heterocycles. The number of hydrogen-bond acceptors (Lipinski definition) is 1. The van der Waals surface area contributed by atoms with Gasteiger partial charge in [-0.25, -0.2) is 0 Å². The van der Waals surface area contributed by atoms with Crippen LogP contribution in [0.5, 0.6) is 0 Å². The normalized spacial score (nSPS) is 12.1. The minimum Gasteiger partial charge on any atom is -0.384 e. The highest BCUT2D eigenvalue weighted by Gasteiger charge is 1.94. The summed E-state index contributed by atoms with van der Waals surface area (Å²) in [5.74, 6) is 0.519. The maximum absolute atomic E-state index is 3.73. The Morgan fingerprint density at radius 2 is 2.08 bits per heavy atom. The number of rotatable bonds is 4. The van der Waals surface area contributed by atoms with E-state index < -0.39 is 0 Å². The standard InChI is InChI=1S/C11H15N/c1-3-10(2)9-12-11-7-5-4-6-8-11/h3-8,10,12H,1,9H2,2H3/t10-/m0/s1. The highest BCUT2D eigenvalue weighted by atomic mass is 14.9. The van der Waals surface area contributed by atoms with E-state index in [4.69, 9.17) is 0 Å². The molecule has 0 saturated carbocycles. The molecule has 1 aromatic rings. The van der Waals surface area contributed by atoms with Gasteiger partial charge in [0.2, 0.25) is 0 Å². The molecule has 0 aliphatic carbocycles. The van der Waals surface area contributed by atoms with Crippen molar-refractivity contribution in [2.45, 2.75) is 6.92 Å². The van der Waals surface area contributed by atoms with E-state index in [0.717, 1.165) is 6.54 Å². The maximum Gasteiger partial charge on any atom is 0.0340 e. The van der Waals surface area contributed by atoms with Crippen LogP contribution in [0.2, 0.25) is 0 Å². The van der Waals surface area contributed by atoms with E-state index in [0.29, 0.717) is 5.92 Å². The zero-order chi connectivity index (χ0) is 8.81. The van der Waals surface area contributed by atoms with Gasteiger partial charge in [-0.15, -0.1) is 6.58 Å². The van der Waals surface area contributed by atoms with E-state index in [-0.39, 0.29) is 0 Å². The van der Waals surface area contributed by atoms with Crippen LogP contribution in [-0.4, -0.2) is 6.54 Å². The highest BCUT2D eigenvalue weighted by molar-refractivity contribution is 5.42. The molecule has 1 N–H and O–H groups in total. The Balaban J connectivity index is 2.38. The molecule has 0 saturated heterocycles. The van der Waals surface area contributed by atoms with Crippen molar-refractivity contribution in [1.29, 1.82) is 0 Å². The van der Waals surface area contributed by atoms with Crippen LogP contribution in [0.15, 0.2) is 43.0 Å². The van der Waals surface area contributed by atoms with E-state index in [9.17, 15) is 0 Å². The summed E-state index contributed by atoms with van der Waals surface area (Å²) in [5, 5.41) is 3.32. The van der Waals surface area contributed by atoms with Crippen molar-refractivity contribution in [3.8, 4) is 0 Å². The van der Waals surface area contributed by atoms with Gasteiger partial charge in [0, 0.05) is 12.2 Å². The zero-order valence-electron chi connectivity index (χ0n) is 7.46. The topological polar surface area (TPSA) is 12.0 Å². The van der Waals surface area contributed by atoms with Gasteiger partial charge in [-0.2, -0.15) is 0 Å². The molecule has 0 aromatic heterocycles. The predicted molar refractivity (Wildman–Crippen MR) is 54.3 cm³/mol. The van der Waals surface area contributed by atoms with Crippen LogP contribution in [-0.2, 0) is 0 Å². The molecule has 0 fully saturated rings. The molecule has 0 spiro atoms. The summed E-state index contributed by atoms with van der Waals surface area (Å²) in [4.78, 5) is 0. The Kier molecular flexibility index (Phi) is 3.39. The summed E-state index contributed by atoms with van der Waals surface area (Å²) in [6, 6.07) is 10.2. The third-order valence-corrected chi connectivity index (χ3v) is 1.80. The molecule has 1 rings (SSSR count). The van der Waals surface area contributed by atoms with Crippen molar-refractivity contribution >= 4 is 5.69 Å². The van der Waals surface area contributed by atoms with Gasteiger partial charge in [0.05, 0.1) is 0 Å². The lowest BCUT2D eigenvalue weighted by Crippen LogP contribution is -2.08. The van der Waals surface area contributed by atoms with Gasteiger partial charge in [0.25, 0.3) is 0 Å². The quantitative estimate of drug-likeness (QED) is 0.669. The molecule has 64 valence electrons. The van der Waals surface area contributed by atoms with E-state index in [1.165, 1.54) is 5.69 Å². The molecule has 0 aliphatic rings. The van der Waals surface area contributed by atoms with E-state index >= 15 is 0 Å². The highest BCUT2D eigenvalue weighted by Crippen LogP contribution is 2.06. The number of anilines is 1. The lowest BCUT2D eigenvalue weighted by atomic mass is 10.2. The van der Waals surface area contributed by atoms with Crippen molar-refractivity contribution in [1.82, 2.24) is 0 Å². The van der Waals surface area contributed by atoms with Crippen molar-refractivity contribution in [2.24, 2.45) is 5.92 Å². The van der Waals surface area contributed by atoms with Gasteiger partial charge in [0.15, 0.2) is 0 Å². The van der Waals surface area contributed by atoms with Gasteiger partial charge in [-0.3, -0.25) is 0 Å². The summed E-state index contributed by atoms with van der Waals surface area (Å²) < 4.78 is 0. The van der Waals surface area contributed by atoms with Crippen LogP contribution in [0.4, 0.5) is 5.69 Å². The summed E-state index contributed by atoms with van der Waals surface area (Å²) in [7, 11) is 0. The molecule has 1 atom stereocenters. The third kappa shape index (κ3) is 2.79. The fraction of sp³-hybridized carbons (Fsp3) is 0.273. The molecule has 0 heterocycles. The Morgan fingerprint density at radius 3 is 2.67 bits per heavy atom. The van der Waals surface area contributed by atoms with Gasteiger partial charge in [0.1, 0.15) is 0 Å². The SMILES string of the molecule is C=C[C@H](C)CNc1ccccc1. The Labute approximate surface area is 74.1 Å². The van der Waals surface area contributed by atoms with Crippen molar-refractivity contribution in [3.63, 3.8) is 0 Å². The summed E-state index contributed by atoms with van der Waals surface area (Å²) in [6.45, 7) is 6.83. The number of hydrogen-bond donors (Lipinski definition) is 1. The molecule has 0 radical (unpaired) electrons. The van der Waals surface area contributed by atoms with E-state index in [2.05, 4.69) is 31.0 Å². The van der Waals surface area contributed by atoms with Crippen molar-refractivity contribution < 1.29 is 0 Å². The molecule has 1 nitrogen and oxygen atoms in total. The molecule has 1 aromatic carbocycles. The fourth-order valence-corrected chi connectivity index (χ4v) is 0.918. The van der Waals surface area contributed by atoms with Crippen LogP contribution in [0.25, 0.3) is 0 Å². The van der Waals surface area contributed by atoms with Crippen LogP contribution < -0.4 is 5.32 Å². The molecule has 0 amide bonds. The number of para-hydroxylation sites is 1. The first-order valence-electron chi connectivity index (χ1n) is 4.24. The Bertz CT molecular complexity index is 228. The average molecular weight is 161 g/mol. The second-order valence-corrected chi connectivity index (χ2v) is 2.96. The van der Waals surface area contributed by atoms with E-state index in [1.54, 1.807) is 0 Å². The summed E-state index contributed by atoms with van der Waals surface area (Å²) in [5.41, 5.74) is 1.17. The first kappa shape index (κ1) is 8.85. The zero-order valence-corrected chi connectivity index (χ0v) is 7.46. The predicted octanol–water partition coefficient (Wildman–Crippen LogP) is 2.92. The number of nitrogens with one attached hydrogen (secondary N) is 1. The van der Waals surface area contributed by atoms with Crippen LogP contribution >= 0.6 is 0 Å². The first-order valence-corrected chi connectivity index (χ1v) is 4.24. The number of benzene rings is 1. The van der Waals surface area contributed by atoms with Crippen LogP contribution in [0.1, 0.15) is 6.92 Å². The molecular formula is C11H15N. The lowest BCUT2D eigenvalue weighted by Gasteiger charge is -2.08. The van der Waals surface area contributed by atoms with Gasteiger partial charge in [-0.05, 0) is 18.1 Å². The molecule has 12 heavy (non-hydrogen) atoms. The second kappa shape index (κ2) is 4.60. The largest absolute Gasteiger partial charge is 0.384 e. The summed E-state index contributed by atoms with van der Waals surface area (Å²) >= 11 is 0. The summed E-state index contributed by atoms with van der Waals surface area (Å²) in [6.07, 6.45) is 1.95. The minimum atomic E-state index is 0.519. The van der Waals surface area contributed by atoms with Gasteiger partial charge >= 0.3 is 0 Å². The van der Waals surface area contributed by atoms with Crippen molar-refractivity contribution in [3.05, 3.63) is 43.0 Å². The van der Waals surface area contributed by atoms with E-state index in [1.807, 2.05) is 24.3 Å². The Morgan fingerprint density at radius 1 is 1.42 bits per heavy atom. The molecular weight excluding hydrogens is 146 g/mol. The van der Waals surface area contributed by atoms with Gasteiger partial charge in [-0.1, -0.05) is 31.2 Å². The fourth-order valence-electron chi connectivity index (χ4n) is 0.918. The third-order valence-electron chi connectivity index (χ3n) is 1.80. The van der Waals surface area contributed by atoms with Crippen molar-refractivity contribution in [2.75, 3.05) is 11.9 Å². The van der Waals surface area contributed by atoms with Gasteiger partial charge < -0.3 is 5.32 Å². The Hall–Kier alpha value is -1.24.